The lowest BCUT2D eigenvalue weighted by molar-refractivity contribution is -0.122. The number of benzene rings is 1. The van der Waals surface area contributed by atoms with E-state index in [4.69, 9.17) is 11.6 Å². The van der Waals surface area contributed by atoms with E-state index in [0.717, 1.165) is 29.8 Å². The summed E-state index contributed by atoms with van der Waals surface area (Å²) in [6, 6.07) is 5.76. The summed E-state index contributed by atoms with van der Waals surface area (Å²) in [4.78, 5) is 12.7. The van der Waals surface area contributed by atoms with Crippen molar-refractivity contribution in [1.82, 2.24) is 5.32 Å². The summed E-state index contributed by atoms with van der Waals surface area (Å²) in [7, 11) is -3.63. The Bertz CT molecular complexity index is 762. The molecule has 1 aliphatic rings. The standard InChI is InChI=1S/C19H27ClN2O3S/c1-3-18(19(23)21-13-12-15-8-5-4-6-9-15)22(26(2,24)25)17-11-7-10-16(20)14-17/h7-8,10-11,14,18H,3-6,9,12-13H2,1-2H3,(H,21,23)/t18-/m0/s1. The number of hydrogen-bond donors (Lipinski definition) is 1. The fraction of sp³-hybridized carbons (Fsp3) is 0.526. The topological polar surface area (TPSA) is 66.5 Å². The number of sulfonamides is 1. The molecule has 1 N–H and O–H groups in total. The highest BCUT2D eigenvalue weighted by molar-refractivity contribution is 7.92. The molecule has 0 saturated heterocycles. The molecule has 5 nitrogen and oxygen atoms in total. The Labute approximate surface area is 161 Å². The summed E-state index contributed by atoms with van der Waals surface area (Å²) in [5.74, 6) is -0.283. The molecule has 0 saturated carbocycles. The number of anilines is 1. The number of nitrogens with zero attached hydrogens (tertiary/aromatic N) is 1. The average molecular weight is 399 g/mol. The highest BCUT2D eigenvalue weighted by atomic mass is 35.5. The third-order valence-corrected chi connectivity index (χ3v) is 5.94. The second kappa shape index (κ2) is 9.42. The van der Waals surface area contributed by atoms with E-state index in [-0.39, 0.29) is 5.91 Å². The van der Waals surface area contributed by atoms with Crippen molar-refractivity contribution in [2.24, 2.45) is 0 Å². The van der Waals surface area contributed by atoms with Crippen LogP contribution in [0.5, 0.6) is 0 Å². The second-order valence-corrected chi connectivity index (χ2v) is 8.91. The van der Waals surface area contributed by atoms with E-state index >= 15 is 0 Å². The minimum atomic E-state index is -3.63. The maximum atomic E-state index is 12.7. The van der Waals surface area contributed by atoms with Crippen LogP contribution < -0.4 is 9.62 Å². The molecule has 0 radical (unpaired) electrons. The van der Waals surface area contributed by atoms with Crippen LogP contribution in [0.25, 0.3) is 0 Å². The molecule has 26 heavy (non-hydrogen) atoms. The smallest absolute Gasteiger partial charge is 0.243 e. The van der Waals surface area contributed by atoms with Crippen molar-refractivity contribution in [2.45, 2.75) is 51.5 Å². The molecule has 0 aromatic heterocycles. The molecule has 1 aromatic rings. The molecule has 1 aliphatic carbocycles. The lowest BCUT2D eigenvalue weighted by Crippen LogP contribution is -2.49. The van der Waals surface area contributed by atoms with Gasteiger partial charge in [-0.25, -0.2) is 8.42 Å². The van der Waals surface area contributed by atoms with Crippen molar-refractivity contribution < 1.29 is 13.2 Å². The maximum absolute atomic E-state index is 12.7. The van der Waals surface area contributed by atoms with Gasteiger partial charge in [0.1, 0.15) is 6.04 Å². The molecule has 0 unspecified atom stereocenters. The Morgan fingerprint density at radius 2 is 2.12 bits per heavy atom. The first kappa shape index (κ1) is 20.8. The van der Waals surface area contributed by atoms with Gasteiger partial charge in [-0.2, -0.15) is 0 Å². The SMILES string of the molecule is CC[C@@H](C(=O)NCCC1=CCCCC1)N(c1cccc(Cl)c1)S(C)(=O)=O. The number of hydrogen-bond acceptors (Lipinski definition) is 3. The molecular formula is C19H27ClN2O3S. The van der Waals surface area contributed by atoms with Crippen LogP contribution in [0.1, 0.15) is 45.4 Å². The van der Waals surface area contributed by atoms with Crippen molar-refractivity contribution >= 4 is 33.2 Å². The molecule has 0 bridgehead atoms. The first-order valence-corrected chi connectivity index (χ1v) is 11.3. The molecule has 1 amide bonds. The number of rotatable bonds is 8. The van der Waals surface area contributed by atoms with Crippen molar-refractivity contribution in [3.05, 3.63) is 40.9 Å². The number of nitrogens with one attached hydrogen (secondary N) is 1. The van der Waals surface area contributed by atoms with Gasteiger partial charge in [0.15, 0.2) is 0 Å². The van der Waals surface area contributed by atoms with Crippen molar-refractivity contribution in [3.8, 4) is 0 Å². The zero-order chi connectivity index (χ0) is 19.2. The molecule has 0 aliphatic heterocycles. The Morgan fingerprint density at radius 3 is 2.69 bits per heavy atom. The zero-order valence-corrected chi connectivity index (χ0v) is 16.9. The number of carbonyl (C=O) groups is 1. The van der Waals surface area contributed by atoms with Gasteiger partial charge in [0.05, 0.1) is 11.9 Å². The van der Waals surface area contributed by atoms with Crippen LogP contribution in [-0.4, -0.2) is 33.2 Å². The molecule has 1 atom stereocenters. The van der Waals surface area contributed by atoms with E-state index < -0.39 is 16.1 Å². The molecule has 7 heteroatoms. The van der Waals surface area contributed by atoms with E-state index in [1.54, 1.807) is 31.2 Å². The fourth-order valence-electron chi connectivity index (χ4n) is 3.27. The summed E-state index contributed by atoms with van der Waals surface area (Å²) in [6.45, 7) is 2.32. The van der Waals surface area contributed by atoms with Crippen LogP contribution in [0, 0.1) is 0 Å². The first-order valence-electron chi connectivity index (χ1n) is 9.03. The number of amides is 1. The van der Waals surface area contributed by atoms with Gasteiger partial charge in [0.25, 0.3) is 0 Å². The highest BCUT2D eigenvalue weighted by Crippen LogP contribution is 2.25. The lowest BCUT2D eigenvalue weighted by Gasteiger charge is -2.30. The van der Waals surface area contributed by atoms with Gasteiger partial charge in [-0.3, -0.25) is 9.10 Å². The van der Waals surface area contributed by atoms with Crippen LogP contribution in [0.15, 0.2) is 35.9 Å². The molecule has 0 heterocycles. The molecule has 2 rings (SSSR count). The summed E-state index contributed by atoms with van der Waals surface area (Å²) < 4.78 is 25.9. The lowest BCUT2D eigenvalue weighted by atomic mass is 9.97. The molecule has 0 spiro atoms. The predicted molar refractivity (Wildman–Crippen MR) is 107 cm³/mol. The van der Waals surface area contributed by atoms with Gasteiger partial charge >= 0.3 is 0 Å². The van der Waals surface area contributed by atoms with E-state index in [9.17, 15) is 13.2 Å². The Morgan fingerprint density at radius 1 is 1.35 bits per heavy atom. The summed E-state index contributed by atoms with van der Waals surface area (Å²) in [6.07, 6.45) is 9.18. The van der Waals surface area contributed by atoms with Crippen LogP contribution in [-0.2, 0) is 14.8 Å². The maximum Gasteiger partial charge on any atom is 0.243 e. The molecule has 144 valence electrons. The fourth-order valence-corrected chi connectivity index (χ4v) is 4.66. The molecule has 1 aromatic carbocycles. The molecular weight excluding hydrogens is 372 g/mol. The zero-order valence-electron chi connectivity index (χ0n) is 15.4. The largest absolute Gasteiger partial charge is 0.354 e. The van der Waals surface area contributed by atoms with Crippen molar-refractivity contribution in [3.63, 3.8) is 0 Å². The average Bonchev–Trinajstić information content (AvgIpc) is 2.59. The minimum Gasteiger partial charge on any atom is -0.354 e. The molecule has 0 fully saturated rings. The van der Waals surface area contributed by atoms with Crippen molar-refractivity contribution in [1.29, 1.82) is 0 Å². The van der Waals surface area contributed by atoms with Gasteiger partial charge in [-0.1, -0.05) is 36.2 Å². The Balaban J connectivity index is 2.11. The van der Waals surface area contributed by atoms with Crippen LogP contribution in [0.4, 0.5) is 5.69 Å². The van der Waals surface area contributed by atoms with Crippen LogP contribution >= 0.6 is 11.6 Å². The van der Waals surface area contributed by atoms with E-state index in [1.165, 1.54) is 18.4 Å². The van der Waals surface area contributed by atoms with Gasteiger partial charge in [-0.15, -0.1) is 0 Å². The summed E-state index contributed by atoms with van der Waals surface area (Å²) >= 11 is 6.01. The van der Waals surface area contributed by atoms with E-state index in [2.05, 4.69) is 11.4 Å². The summed E-state index contributed by atoms with van der Waals surface area (Å²) in [5, 5.41) is 3.33. The van der Waals surface area contributed by atoms with Crippen LogP contribution in [0.3, 0.4) is 0 Å². The third-order valence-electron chi connectivity index (χ3n) is 4.52. The minimum absolute atomic E-state index is 0.283. The summed E-state index contributed by atoms with van der Waals surface area (Å²) in [5.41, 5.74) is 1.77. The predicted octanol–water partition coefficient (Wildman–Crippen LogP) is 3.89. The first-order chi connectivity index (χ1) is 12.3. The van der Waals surface area contributed by atoms with Gasteiger partial charge in [0, 0.05) is 11.6 Å². The Kier molecular flexibility index (Phi) is 7.53. The third kappa shape index (κ3) is 5.74. The number of allylic oxidation sites excluding steroid dienone is 1. The quantitative estimate of drug-likeness (QED) is 0.675. The van der Waals surface area contributed by atoms with Gasteiger partial charge in [0.2, 0.25) is 15.9 Å². The normalized spacial score (nSPS) is 15.9. The number of halogens is 1. The van der Waals surface area contributed by atoms with Gasteiger partial charge < -0.3 is 5.32 Å². The van der Waals surface area contributed by atoms with Crippen LogP contribution in [0.2, 0.25) is 5.02 Å². The van der Waals surface area contributed by atoms with E-state index in [0.29, 0.717) is 23.7 Å². The Hall–Kier alpha value is -1.53. The highest BCUT2D eigenvalue weighted by Gasteiger charge is 2.31. The number of carbonyl (C=O) groups excluding carboxylic acids is 1. The van der Waals surface area contributed by atoms with Gasteiger partial charge in [-0.05, 0) is 56.7 Å². The van der Waals surface area contributed by atoms with E-state index in [1.807, 2.05) is 0 Å². The van der Waals surface area contributed by atoms with Crippen molar-refractivity contribution in [2.75, 3.05) is 17.1 Å². The second-order valence-electron chi connectivity index (χ2n) is 6.61. The monoisotopic (exact) mass is 398 g/mol.